The predicted molar refractivity (Wildman–Crippen MR) is 115 cm³/mol. The molecule has 6 nitrogen and oxygen atoms in total. The van der Waals surface area contributed by atoms with Crippen LogP contribution in [-0.2, 0) is 4.79 Å². The van der Waals surface area contributed by atoms with Crippen LogP contribution < -0.4 is 4.90 Å². The average molecular weight is 464 g/mol. The predicted octanol–water partition coefficient (Wildman–Crippen LogP) is 4.02. The highest BCUT2D eigenvalue weighted by atomic mass is 35.5. The van der Waals surface area contributed by atoms with Crippen LogP contribution in [0.3, 0.4) is 0 Å². The lowest BCUT2D eigenvalue weighted by atomic mass is 10.0. The summed E-state index contributed by atoms with van der Waals surface area (Å²) in [5, 5.41) is 0.329. The standard InChI is InChI=1S/C21H17Cl2F2N5O/c22-10-19(31)30-7-5-29(6-8-30)18-12-27-20(15-2-1-13(24)9-17(15)25)21(28-18)14-3-4-26-11-16(14)23/h1-4,9,11-12H,5-8,10H2. The van der Waals surface area contributed by atoms with E-state index in [1.54, 1.807) is 17.2 Å². The van der Waals surface area contributed by atoms with Gasteiger partial charge in [0.1, 0.15) is 29.0 Å². The molecule has 31 heavy (non-hydrogen) atoms. The summed E-state index contributed by atoms with van der Waals surface area (Å²) in [5.41, 5.74) is 1.24. The van der Waals surface area contributed by atoms with E-state index in [4.69, 9.17) is 28.2 Å². The fraction of sp³-hybridized carbons (Fsp3) is 0.238. The molecular weight excluding hydrogens is 447 g/mol. The van der Waals surface area contributed by atoms with Gasteiger partial charge in [0.2, 0.25) is 5.91 Å². The van der Waals surface area contributed by atoms with E-state index in [0.717, 1.165) is 6.07 Å². The lowest BCUT2D eigenvalue weighted by molar-refractivity contribution is -0.128. The summed E-state index contributed by atoms with van der Waals surface area (Å²) in [6, 6.07) is 4.95. The molecule has 160 valence electrons. The second kappa shape index (κ2) is 9.11. The first-order chi connectivity index (χ1) is 15.0. The Morgan fingerprint density at radius 3 is 2.48 bits per heavy atom. The molecule has 0 saturated carbocycles. The minimum Gasteiger partial charge on any atom is -0.352 e. The molecular formula is C21H17Cl2F2N5O. The minimum absolute atomic E-state index is 0.0531. The van der Waals surface area contributed by atoms with E-state index in [9.17, 15) is 13.6 Å². The van der Waals surface area contributed by atoms with Crippen molar-refractivity contribution in [2.45, 2.75) is 0 Å². The summed E-state index contributed by atoms with van der Waals surface area (Å²) in [7, 11) is 0. The summed E-state index contributed by atoms with van der Waals surface area (Å²) >= 11 is 12.0. The molecule has 0 atom stereocenters. The molecule has 4 rings (SSSR count). The Balaban J connectivity index is 1.75. The number of pyridine rings is 1. The molecule has 1 aliphatic heterocycles. The van der Waals surface area contributed by atoms with E-state index in [-0.39, 0.29) is 23.0 Å². The van der Waals surface area contributed by atoms with Gasteiger partial charge in [-0.05, 0) is 18.2 Å². The Labute approximate surface area is 187 Å². The van der Waals surface area contributed by atoms with Crippen LogP contribution in [0.1, 0.15) is 0 Å². The van der Waals surface area contributed by atoms with Crippen molar-refractivity contribution in [1.29, 1.82) is 0 Å². The van der Waals surface area contributed by atoms with Gasteiger partial charge in [0.05, 0.1) is 16.9 Å². The van der Waals surface area contributed by atoms with Gasteiger partial charge in [-0.15, -0.1) is 11.6 Å². The third-order valence-corrected chi connectivity index (χ3v) is 5.57. The van der Waals surface area contributed by atoms with Gasteiger partial charge in [-0.3, -0.25) is 9.78 Å². The number of hydrogen-bond acceptors (Lipinski definition) is 5. The third-order valence-electron chi connectivity index (χ3n) is 5.04. The molecule has 0 radical (unpaired) electrons. The lowest BCUT2D eigenvalue weighted by Crippen LogP contribution is -2.49. The molecule has 1 fully saturated rings. The van der Waals surface area contributed by atoms with Crippen LogP contribution in [0.5, 0.6) is 0 Å². The third kappa shape index (κ3) is 4.45. The number of benzene rings is 1. The highest BCUT2D eigenvalue weighted by molar-refractivity contribution is 6.33. The van der Waals surface area contributed by atoms with Gasteiger partial charge >= 0.3 is 0 Å². The van der Waals surface area contributed by atoms with Gasteiger partial charge in [0.25, 0.3) is 0 Å². The van der Waals surface area contributed by atoms with Gasteiger partial charge in [0, 0.05) is 55.8 Å². The van der Waals surface area contributed by atoms with Gasteiger partial charge in [-0.1, -0.05) is 11.6 Å². The maximum absolute atomic E-state index is 14.5. The average Bonchev–Trinajstić information content (AvgIpc) is 2.79. The van der Waals surface area contributed by atoms with Gasteiger partial charge < -0.3 is 9.80 Å². The molecule has 0 aliphatic carbocycles. The molecule has 0 bridgehead atoms. The number of alkyl halides is 1. The van der Waals surface area contributed by atoms with Gasteiger partial charge in [-0.2, -0.15) is 0 Å². The lowest BCUT2D eigenvalue weighted by Gasteiger charge is -2.35. The minimum atomic E-state index is -0.748. The highest BCUT2D eigenvalue weighted by Gasteiger charge is 2.24. The Morgan fingerprint density at radius 2 is 1.81 bits per heavy atom. The number of anilines is 1. The number of aromatic nitrogens is 3. The fourth-order valence-electron chi connectivity index (χ4n) is 3.44. The van der Waals surface area contributed by atoms with Crippen LogP contribution in [0.2, 0.25) is 5.02 Å². The summed E-state index contributed by atoms with van der Waals surface area (Å²) < 4.78 is 28.0. The smallest absolute Gasteiger partial charge is 0.237 e. The first-order valence-corrected chi connectivity index (χ1v) is 10.4. The first kappa shape index (κ1) is 21.4. The van der Waals surface area contributed by atoms with Crippen LogP contribution in [0.25, 0.3) is 22.5 Å². The van der Waals surface area contributed by atoms with Crippen molar-refractivity contribution < 1.29 is 13.6 Å². The van der Waals surface area contributed by atoms with E-state index in [1.165, 1.54) is 24.5 Å². The normalized spacial score (nSPS) is 14.1. The molecule has 0 spiro atoms. The van der Waals surface area contributed by atoms with Crippen LogP contribution in [0.4, 0.5) is 14.6 Å². The van der Waals surface area contributed by atoms with Crippen LogP contribution in [0.15, 0.2) is 42.9 Å². The van der Waals surface area contributed by atoms with E-state index in [0.29, 0.717) is 48.3 Å². The van der Waals surface area contributed by atoms with E-state index in [2.05, 4.69) is 9.97 Å². The molecule has 3 aromatic rings. The van der Waals surface area contributed by atoms with Crippen LogP contribution in [-0.4, -0.2) is 57.8 Å². The van der Waals surface area contributed by atoms with Crippen molar-refractivity contribution in [3.8, 4) is 22.5 Å². The zero-order valence-electron chi connectivity index (χ0n) is 16.2. The van der Waals surface area contributed by atoms with Gasteiger partial charge in [-0.25, -0.2) is 18.7 Å². The molecule has 3 heterocycles. The molecule has 1 amide bonds. The van der Waals surface area contributed by atoms with Crippen molar-refractivity contribution in [2.24, 2.45) is 0 Å². The monoisotopic (exact) mass is 463 g/mol. The van der Waals surface area contributed by atoms with Crippen molar-refractivity contribution in [3.05, 3.63) is 59.5 Å². The molecule has 1 saturated heterocycles. The molecule has 1 aliphatic rings. The Hall–Kier alpha value is -2.84. The summed E-state index contributed by atoms with van der Waals surface area (Å²) in [4.78, 5) is 28.6. The maximum atomic E-state index is 14.5. The Kier molecular flexibility index (Phi) is 6.29. The number of piperazine rings is 1. The summed E-state index contributed by atoms with van der Waals surface area (Å²) in [6.45, 7) is 2.11. The largest absolute Gasteiger partial charge is 0.352 e. The van der Waals surface area contributed by atoms with E-state index >= 15 is 0 Å². The van der Waals surface area contributed by atoms with E-state index < -0.39 is 11.6 Å². The highest BCUT2D eigenvalue weighted by Crippen LogP contribution is 2.35. The summed E-state index contributed by atoms with van der Waals surface area (Å²) in [5.74, 6) is -1.03. The topological polar surface area (TPSA) is 62.2 Å². The van der Waals surface area contributed by atoms with Crippen molar-refractivity contribution in [2.75, 3.05) is 37.0 Å². The van der Waals surface area contributed by atoms with Crippen molar-refractivity contribution >= 4 is 34.9 Å². The number of carbonyl (C=O) groups excluding carboxylic acids is 1. The number of nitrogens with zero attached hydrogens (tertiary/aromatic N) is 5. The van der Waals surface area contributed by atoms with Crippen LogP contribution in [0, 0.1) is 11.6 Å². The molecule has 2 aromatic heterocycles. The first-order valence-electron chi connectivity index (χ1n) is 9.49. The maximum Gasteiger partial charge on any atom is 0.237 e. The second-order valence-electron chi connectivity index (χ2n) is 6.91. The number of amides is 1. The Morgan fingerprint density at radius 1 is 1.03 bits per heavy atom. The van der Waals surface area contributed by atoms with Crippen LogP contribution >= 0.6 is 23.2 Å². The number of carbonyl (C=O) groups is 1. The molecule has 1 aromatic carbocycles. The zero-order chi connectivity index (χ0) is 22.0. The SMILES string of the molecule is O=C(CCl)N1CCN(c2cnc(-c3ccc(F)cc3F)c(-c3ccncc3Cl)n2)CC1. The van der Waals surface area contributed by atoms with E-state index in [1.807, 2.05) is 4.90 Å². The zero-order valence-corrected chi connectivity index (χ0v) is 17.7. The van der Waals surface area contributed by atoms with Crippen molar-refractivity contribution in [1.82, 2.24) is 19.9 Å². The number of hydrogen-bond donors (Lipinski definition) is 0. The molecule has 0 N–H and O–H groups in total. The summed E-state index contributed by atoms with van der Waals surface area (Å²) in [6.07, 6.45) is 4.55. The quantitative estimate of drug-likeness (QED) is 0.546. The number of halogens is 4. The molecule has 0 unspecified atom stereocenters. The van der Waals surface area contributed by atoms with Crippen molar-refractivity contribution in [3.63, 3.8) is 0 Å². The number of rotatable bonds is 4. The fourth-order valence-corrected chi connectivity index (χ4v) is 3.81. The van der Waals surface area contributed by atoms with Gasteiger partial charge in [0.15, 0.2) is 0 Å². The molecule has 10 heteroatoms. The Bertz CT molecular complexity index is 1120. The second-order valence-corrected chi connectivity index (χ2v) is 7.58.